The molecule has 0 radical (unpaired) electrons. The van der Waals surface area contributed by atoms with Crippen molar-refractivity contribution in [1.29, 1.82) is 0 Å². The lowest BCUT2D eigenvalue weighted by Crippen LogP contribution is -1.95. The van der Waals surface area contributed by atoms with Gasteiger partial charge in [-0.15, -0.1) is 0 Å². The average molecular weight is 237 g/mol. The minimum absolute atomic E-state index is 0.0248. The van der Waals surface area contributed by atoms with Gasteiger partial charge in [0.15, 0.2) is 23.1 Å². The van der Waals surface area contributed by atoms with Crippen molar-refractivity contribution in [2.45, 2.75) is 0 Å². The molecular formula is C10H8FN3O3. The van der Waals surface area contributed by atoms with Gasteiger partial charge in [0.1, 0.15) is 5.82 Å². The van der Waals surface area contributed by atoms with Crippen molar-refractivity contribution in [3.63, 3.8) is 0 Å². The van der Waals surface area contributed by atoms with Gasteiger partial charge in [-0.1, -0.05) is 0 Å². The Labute approximate surface area is 94.8 Å². The molecule has 6 nitrogen and oxygen atoms in total. The van der Waals surface area contributed by atoms with Gasteiger partial charge in [0.2, 0.25) is 6.79 Å². The number of halogens is 1. The van der Waals surface area contributed by atoms with Gasteiger partial charge in [0.05, 0.1) is 17.3 Å². The molecule has 2 heterocycles. The Morgan fingerprint density at radius 2 is 2.29 bits per heavy atom. The van der Waals surface area contributed by atoms with Crippen LogP contribution in [0, 0.1) is 5.82 Å². The number of rotatable bonds is 1. The highest BCUT2D eigenvalue weighted by molar-refractivity contribution is 5.82. The van der Waals surface area contributed by atoms with E-state index in [-0.39, 0.29) is 29.7 Å². The molecule has 1 aliphatic rings. The van der Waals surface area contributed by atoms with E-state index in [0.717, 1.165) is 6.07 Å². The zero-order chi connectivity index (χ0) is 12.0. The number of H-pyrrole nitrogens is 1. The second-order valence-electron chi connectivity index (χ2n) is 3.52. The number of phenols is 1. The number of aromatic hydroxyl groups is 1. The minimum atomic E-state index is -0.817. The van der Waals surface area contributed by atoms with Crippen LogP contribution in [0.25, 0.3) is 11.1 Å². The summed E-state index contributed by atoms with van der Waals surface area (Å²) < 4.78 is 24.2. The number of nitrogens with two attached hydrogens (primary N) is 1. The zero-order valence-electron chi connectivity index (χ0n) is 8.53. The fraction of sp³-hybridized carbons (Fsp3) is 0.100. The Morgan fingerprint density at radius 3 is 3.00 bits per heavy atom. The summed E-state index contributed by atoms with van der Waals surface area (Å²) in [6, 6.07) is 1.16. The molecule has 88 valence electrons. The van der Waals surface area contributed by atoms with E-state index in [1.807, 2.05) is 0 Å². The Balaban J connectivity index is 2.33. The summed E-state index contributed by atoms with van der Waals surface area (Å²) >= 11 is 0. The normalized spacial score (nSPS) is 13.0. The van der Waals surface area contributed by atoms with Crippen molar-refractivity contribution < 1.29 is 19.0 Å². The summed E-state index contributed by atoms with van der Waals surface area (Å²) in [5.74, 6) is -0.660. The first-order valence-electron chi connectivity index (χ1n) is 4.78. The second kappa shape index (κ2) is 3.27. The molecule has 7 heteroatoms. The summed E-state index contributed by atoms with van der Waals surface area (Å²) in [6.45, 7) is -0.0248. The van der Waals surface area contributed by atoms with E-state index in [4.69, 9.17) is 15.2 Å². The predicted molar refractivity (Wildman–Crippen MR) is 56.2 cm³/mol. The number of nitrogens with one attached hydrogen (secondary N) is 1. The predicted octanol–water partition coefficient (Wildman–Crippen LogP) is 1.23. The molecule has 4 N–H and O–H groups in total. The Morgan fingerprint density at radius 1 is 1.47 bits per heavy atom. The molecule has 0 fully saturated rings. The molecule has 0 amide bonds. The fourth-order valence-electron chi connectivity index (χ4n) is 1.74. The van der Waals surface area contributed by atoms with Crippen LogP contribution >= 0.6 is 0 Å². The number of nitrogens with zero attached hydrogens (tertiary/aromatic N) is 1. The number of hydrogen-bond donors (Lipinski definition) is 3. The number of benzene rings is 1. The Kier molecular flexibility index (Phi) is 1.88. The molecule has 1 aromatic carbocycles. The lowest BCUT2D eigenvalue weighted by molar-refractivity contribution is 0.174. The van der Waals surface area contributed by atoms with Crippen LogP contribution in [-0.4, -0.2) is 22.1 Å². The van der Waals surface area contributed by atoms with E-state index < -0.39 is 11.6 Å². The maximum atomic E-state index is 13.9. The van der Waals surface area contributed by atoms with Crippen LogP contribution < -0.4 is 15.2 Å². The van der Waals surface area contributed by atoms with Gasteiger partial charge in [-0.25, -0.2) is 4.39 Å². The number of ether oxygens (including phenoxy) is 2. The minimum Gasteiger partial charge on any atom is -0.505 e. The van der Waals surface area contributed by atoms with Gasteiger partial charge >= 0.3 is 0 Å². The standard InChI is InChI=1S/C10H8FN3O3/c11-8-5(15)1-6-9(17-3-16-6)7(8)4-2-13-14-10(4)12/h1-2,15H,3H2,(H3,12,13,14). The van der Waals surface area contributed by atoms with E-state index >= 15 is 0 Å². The quantitative estimate of drug-likeness (QED) is 0.693. The SMILES string of the molecule is Nc1[nH]ncc1-c1c(F)c(O)cc2c1OCO2. The van der Waals surface area contributed by atoms with Crippen molar-refractivity contribution >= 4 is 5.82 Å². The lowest BCUT2D eigenvalue weighted by atomic mass is 10.1. The van der Waals surface area contributed by atoms with Gasteiger partial charge in [0, 0.05) is 6.07 Å². The molecule has 3 rings (SSSR count). The molecule has 17 heavy (non-hydrogen) atoms. The highest BCUT2D eigenvalue weighted by Crippen LogP contribution is 2.47. The van der Waals surface area contributed by atoms with E-state index in [1.165, 1.54) is 6.20 Å². The molecule has 0 saturated heterocycles. The number of anilines is 1. The smallest absolute Gasteiger partial charge is 0.231 e. The maximum Gasteiger partial charge on any atom is 0.231 e. The number of phenolic OH excluding ortho intramolecular Hbond substituents is 1. The molecule has 0 spiro atoms. The van der Waals surface area contributed by atoms with Gasteiger partial charge in [-0.3, -0.25) is 5.10 Å². The van der Waals surface area contributed by atoms with E-state index in [9.17, 15) is 9.50 Å². The zero-order valence-corrected chi connectivity index (χ0v) is 8.53. The number of aromatic amines is 1. The van der Waals surface area contributed by atoms with Crippen LogP contribution in [0.3, 0.4) is 0 Å². The van der Waals surface area contributed by atoms with Crippen LogP contribution in [0.15, 0.2) is 12.3 Å². The summed E-state index contributed by atoms with van der Waals surface area (Å²) in [4.78, 5) is 0. The van der Waals surface area contributed by atoms with E-state index in [0.29, 0.717) is 5.56 Å². The van der Waals surface area contributed by atoms with Gasteiger partial charge in [0.25, 0.3) is 0 Å². The van der Waals surface area contributed by atoms with Crippen LogP contribution in [-0.2, 0) is 0 Å². The first kappa shape index (κ1) is 9.76. The fourth-order valence-corrected chi connectivity index (χ4v) is 1.74. The Bertz CT molecular complexity index is 597. The van der Waals surface area contributed by atoms with Crippen LogP contribution in [0.2, 0.25) is 0 Å². The van der Waals surface area contributed by atoms with E-state index in [1.54, 1.807) is 0 Å². The third-order valence-electron chi connectivity index (χ3n) is 2.52. The van der Waals surface area contributed by atoms with Crippen LogP contribution in [0.4, 0.5) is 10.2 Å². The molecule has 2 aromatic rings. The van der Waals surface area contributed by atoms with Gasteiger partial charge in [-0.2, -0.15) is 5.10 Å². The Hall–Kier alpha value is -2.44. The monoisotopic (exact) mass is 237 g/mol. The van der Waals surface area contributed by atoms with Gasteiger partial charge < -0.3 is 20.3 Å². The average Bonchev–Trinajstić information content (AvgIpc) is 2.89. The highest BCUT2D eigenvalue weighted by atomic mass is 19.1. The molecule has 0 atom stereocenters. The first-order chi connectivity index (χ1) is 8.18. The lowest BCUT2D eigenvalue weighted by Gasteiger charge is -2.07. The van der Waals surface area contributed by atoms with E-state index in [2.05, 4.69) is 10.2 Å². The molecule has 0 aliphatic carbocycles. The van der Waals surface area contributed by atoms with Crippen LogP contribution in [0.1, 0.15) is 0 Å². The summed E-state index contributed by atoms with van der Waals surface area (Å²) in [6.07, 6.45) is 1.36. The molecular weight excluding hydrogens is 229 g/mol. The third-order valence-corrected chi connectivity index (χ3v) is 2.52. The number of hydrogen-bond acceptors (Lipinski definition) is 5. The number of aromatic nitrogens is 2. The molecule has 0 bridgehead atoms. The van der Waals surface area contributed by atoms with Crippen molar-refractivity contribution in [3.8, 4) is 28.4 Å². The largest absolute Gasteiger partial charge is 0.505 e. The maximum absolute atomic E-state index is 13.9. The second-order valence-corrected chi connectivity index (χ2v) is 3.52. The number of nitrogen functional groups attached to an aromatic ring is 1. The molecule has 1 aromatic heterocycles. The van der Waals surface area contributed by atoms with Crippen LogP contribution in [0.5, 0.6) is 17.2 Å². The van der Waals surface area contributed by atoms with Crippen molar-refractivity contribution in [2.75, 3.05) is 12.5 Å². The third kappa shape index (κ3) is 1.28. The molecule has 0 unspecified atom stereocenters. The topological polar surface area (TPSA) is 93.4 Å². The van der Waals surface area contributed by atoms with Crippen molar-refractivity contribution in [1.82, 2.24) is 10.2 Å². The molecule has 0 saturated carbocycles. The molecule has 1 aliphatic heterocycles. The summed E-state index contributed by atoms with van der Waals surface area (Å²) in [5, 5.41) is 15.7. The summed E-state index contributed by atoms with van der Waals surface area (Å²) in [5.41, 5.74) is 5.99. The van der Waals surface area contributed by atoms with Crippen molar-refractivity contribution in [2.24, 2.45) is 0 Å². The van der Waals surface area contributed by atoms with Gasteiger partial charge in [-0.05, 0) is 0 Å². The highest BCUT2D eigenvalue weighted by Gasteiger charge is 2.27. The first-order valence-corrected chi connectivity index (χ1v) is 4.78. The van der Waals surface area contributed by atoms with Crippen molar-refractivity contribution in [3.05, 3.63) is 18.1 Å². The summed E-state index contributed by atoms with van der Waals surface area (Å²) in [7, 11) is 0. The number of fused-ring (bicyclic) bond motifs is 1.